The molecule has 3 heteroatoms. The second kappa shape index (κ2) is 17.0. The first-order valence-electron chi connectivity index (χ1n) is 14.2. The van der Waals surface area contributed by atoms with Gasteiger partial charge in [-0.15, -0.1) is 0 Å². The van der Waals surface area contributed by atoms with Crippen molar-refractivity contribution in [3.8, 4) is 0 Å². The molecule has 5 aromatic rings. The Balaban J connectivity index is 0.000000197. The molecule has 0 radical (unpaired) electrons. The van der Waals surface area contributed by atoms with Gasteiger partial charge in [-0.3, -0.25) is 4.79 Å². The van der Waals surface area contributed by atoms with Crippen LogP contribution >= 0.6 is 0 Å². The quantitative estimate of drug-likeness (QED) is 0.176. The van der Waals surface area contributed by atoms with Crippen LogP contribution in [0.3, 0.4) is 0 Å². The maximum absolute atomic E-state index is 11.2. The van der Waals surface area contributed by atoms with Gasteiger partial charge >= 0.3 is 5.97 Å². The maximum Gasteiger partial charge on any atom is 0.303 e. The SMILES string of the molecule is C(=C\C(NCc1ccccc1)c1ccccc1)/c1ccccc1.CC(=O)OC(/C=C/c1ccccc1)c1ccccc1. The fraction of sp³-hybridized carbons (Fsp3) is 0.103. The van der Waals surface area contributed by atoms with Gasteiger partial charge in [0.1, 0.15) is 6.10 Å². The third-order valence-electron chi connectivity index (χ3n) is 6.49. The van der Waals surface area contributed by atoms with E-state index in [9.17, 15) is 4.79 Å². The predicted octanol–water partition coefficient (Wildman–Crippen LogP) is 9.24. The standard InChI is InChI=1S/C22H21N.C17H16O2/c1-4-10-19(11-5-1)16-17-22(21-14-8-3-9-15-21)23-18-20-12-6-2-7-13-20;1-14(18)19-17(16-10-6-3-7-11-16)13-12-15-8-4-2-5-9-15/h1-17,22-23H,18H2;2-13,17H,1H3/b17-16+;13-12+. The Morgan fingerprint density at radius 2 is 1.02 bits per heavy atom. The minimum absolute atomic E-state index is 0.191. The van der Waals surface area contributed by atoms with Gasteiger partial charge in [-0.25, -0.2) is 0 Å². The highest BCUT2D eigenvalue weighted by atomic mass is 16.5. The topological polar surface area (TPSA) is 38.3 Å². The van der Waals surface area contributed by atoms with Crippen LogP contribution in [-0.4, -0.2) is 5.97 Å². The lowest BCUT2D eigenvalue weighted by Gasteiger charge is -2.16. The molecular weight excluding hydrogens is 514 g/mol. The van der Waals surface area contributed by atoms with Crippen molar-refractivity contribution in [3.05, 3.63) is 192 Å². The van der Waals surface area contributed by atoms with E-state index in [1.165, 1.54) is 23.6 Å². The third kappa shape index (κ3) is 10.5. The van der Waals surface area contributed by atoms with E-state index < -0.39 is 0 Å². The summed E-state index contributed by atoms with van der Waals surface area (Å²) in [5.74, 6) is -0.286. The number of hydrogen-bond acceptors (Lipinski definition) is 3. The van der Waals surface area contributed by atoms with Crippen molar-refractivity contribution in [1.82, 2.24) is 5.32 Å². The molecule has 0 fully saturated rings. The maximum atomic E-state index is 11.2. The fourth-order valence-electron chi connectivity index (χ4n) is 4.36. The number of carbonyl (C=O) groups is 1. The first kappa shape index (κ1) is 30.0. The van der Waals surface area contributed by atoms with Gasteiger partial charge in [0.15, 0.2) is 0 Å². The largest absolute Gasteiger partial charge is 0.453 e. The minimum Gasteiger partial charge on any atom is -0.453 e. The van der Waals surface area contributed by atoms with Crippen LogP contribution in [0.4, 0.5) is 0 Å². The second-order valence-corrected chi connectivity index (χ2v) is 9.74. The van der Waals surface area contributed by atoms with E-state index in [0.29, 0.717) is 0 Å². The summed E-state index contributed by atoms with van der Waals surface area (Å²) in [6.45, 7) is 2.27. The van der Waals surface area contributed by atoms with Gasteiger partial charge in [0.05, 0.1) is 6.04 Å². The summed E-state index contributed by atoms with van der Waals surface area (Å²) in [4.78, 5) is 11.2. The van der Waals surface area contributed by atoms with Crippen LogP contribution in [0.5, 0.6) is 0 Å². The van der Waals surface area contributed by atoms with E-state index in [4.69, 9.17) is 4.74 Å². The van der Waals surface area contributed by atoms with E-state index >= 15 is 0 Å². The zero-order valence-electron chi connectivity index (χ0n) is 23.9. The Hall–Kier alpha value is -4.99. The highest BCUT2D eigenvalue weighted by Gasteiger charge is 2.10. The number of rotatable bonds is 10. The van der Waals surface area contributed by atoms with Gasteiger partial charge in [-0.1, -0.05) is 170 Å². The Labute approximate surface area is 249 Å². The van der Waals surface area contributed by atoms with E-state index in [1.54, 1.807) is 0 Å². The lowest BCUT2D eigenvalue weighted by Crippen LogP contribution is -2.19. The molecule has 0 spiro atoms. The summed E-state index contributed by atoms with van der Waals surface area (Å²) in [6, 6.07) is 51.3. The average Bonchev–Trinajstić information content (AvgIpc) is 3.05. The van der Waals surface area contributed by atoms with Gasteiger partial charge in [0, 0.05) is 13.5 Å². The van der Waals surface area contributed by atoms with Crippen molar-refractivity contribution in [2.24, 2.45) is 0 Å². The minimum atomic E-state index is -0.348. The number of hydrogen-bond donors (Lipinski definition) is 1. The lowest BCUT2D eigenvalue weighted by atomic mass is 10.0. The fourth-order valence-corrected chi connectivity index (χ4v) is 4.36. The van der Waals surface area contributed by atoms with Crippen molar-refractivity contribution in [2.75, 3.05) is 0 Å². The molecule has 3 nitrogen and oxygen atoms in total. The molecule has 0 aromatic heterocycles. The van der Waals surface area contributed by atoms with E-state index in [-0.39, 0.29) is 18.1 Å². The number of benzene rings is 5. The molecule has 0 aliphatic rings. The first-order valence-corrected chi connectivity index (χ1v) is 14.2. The smallest absolute Gasteiger partial charge is 0.303 e. The molecule has 5 rings (SSSR count). The number of esters is 1. The molecule has 210 valence electrons. The monoisotopic (exact) mass is 551 g/mol. The van der Waals surface area contributed by atoms with Crippen LogP contribution in [-0.2, 0) is 16.1 Å². The molecule has 2 atom stereocenters. The molecule has 0 saturated carbocycles. The number of carbonyl (C=O) groups excluding carboxylic acids is 1. The molecule has 2 unspecified atom stereocenters. The molecule has 0 heterocycles. The molecule has 1 N–H and O–H groups in total. The Kier molecular flexibility index (Phi) is 12.1. The summed E-state index contributed by atoms with van der Waals surface area (Å²) in [5.41, 5.74) is 5.83. The Morgan fingerprint density at radius 1 is 0.595 bits per heavy atom. The van der Waals surface area contributed by atoms with Crippen molar-refractivity contribution in [1.29, 1.82) is 0 Å². The normalized spacial score (nSPS) is 12.3. The molecule has 5 aromatic carbocycles. The third-order valence-corrected chi connectivity index (χ3v) is 6.49. The molecule has 0 aliphatic carbocycles. The summed E-state index contributed by atoms with van der Waals surface area (Å²) in [7, 11) is 0. The summed E-state index contributed by atoms with van der Waals surface area (Å²) >= 11 is 0. The van der Waals surface area contributed by atoms with Crippen molar-refractivity contribution < 1.29 is 9.53 Å². The number of nitrogens with one attached hydrogen (secondary N) is 1. The highest BCUT2D eigenvalue weighted by molar-refractivity contribution is 5.67. The average molecular weight is 552 g/mol. The van der Waals surface area contributed by atoms with Crippen LogP contribution in [0.1, 0.15) is 46.9 Å². The second-order valence-electron chi connectivity index (χ2n) is 9.74. The van der Waals surface area contributed by atoms with Crippen LogP contribution in [0.15, 0.2) is 164 Å². The Morgan fingerprint density at radius 3 is 1.52 bits per heavy atom. The lowest BCUT2D eigenvalue weighted by molar-refractivity contribution is -0.144. The zero-order valence-corrected chi connectivity index (χ0v) is 23.9. The molecule has 0 aliphatic heterocycles. The summed E-state index contributed by atoms with van der Waals surface area (Å²) < 4.78 is 5.33. The van der Waals surface area contributed by atoms with Crippen LogP contribution < -0.4 is 5.32 Å². The van der Waals surface area contributed by atoms with Crippen LogP contribution in [0.2, 0.25) is 0 Å². The Bertz CT molecular complexity index is 1500. The van der Waals surface area contributed by atoms with E-state index in [0.717, 1.165) is 17.7 Å². The van der Waals surface area contributed by atoms with Crippen molar-refractivity contribution in [2.45, 2.75) is 25.6 Å². The van der Waals surface area contributed by atoms with Crippen LogP contribution in [0.25, 0.3) is 12.2 Å². The van der Waals surface area contributed by atoms with E-state index in [1.807, 2.05) is 84.9 Å². The van der Waals surface area contributed by atoms with Gasteiger partial charge in [-0.05, 0) is 33.9 Å². The summed E-state index contributed by atoms with van der Waals surface area (Å²) in [6.07, 6.45) is 7.91. The molecule has 0 saturated heterocycles. The van der Waals surface area contributed by atoms with E-state index in [2.05, 4.69) is 96.3 Å². The van der Waals surface area contributed by atoms with Crippen molar-refractivity contribution >= 4 is 18.1 Å². The highest BCUT2D eigenvalue weighted by Crippen LogP contribution is 2.20. The number of ether oxygens (including phenoxy) is 1. The molecule has 42 heavy (non-hydrogen) atoms. The van der Waals surface area contributed by atoms with Gasteiger partial charge < -0.3 is 10.1 Å². The molecular formula is C39H37NO2. The van der Waals surface area contributed by atoms with Gasteiger partial charge in [0.2, 0.25) is 0 Å². The van der Waals surface area contributed by atoms with Crippen molar-refractivity contribution in [3.63, 3.8) is 0 Å². The van der Waals surface area contributed by atoms with Gasteiger partial charge in [-0.2, -0.15) is 0 Å². The van der Waals surface area contributed by atoms with Crippen LogP contribution in [0, 0.1) is 0 Å². The molecule has 0 amide bonds. The summed E-state index contributed by atoms with van der Waals surface area (Å²) in [5, 5.41) is 3.64. The van der Waals surface area contributed by atoms with Gasteiger partial charge in [0.25, 0.3) is 0 Å². The predicted molar refractivity (Wildman–Crippen MR) is 174 cm³/mol. The molecule has 0 bridgehead atoms. The zero-order chi connectivity index (χ0) is 29.2. The first-order chi connectivity index (χ1) is 20.7.